The van der Waals surface area contributed by atoms with E-state index in [4.69, 9.17) is 26.8 Å². The van der Waals surface area contributed by atoms with Gasteiger partial charge in [0.1, 0.15) is 0 Å². The van der Waals surface area contributed by atoms with E-state index >= 15 is 0 Å². The van der Waals surface area contributed by atoms with Crippen molar-refractivity contribution in [3.05, 3.63) is 71.8 Å². The van der Waals surface area contributed by atoms with Crippen LogP contribution in [0.1, 0.15) is 17.0 Å². The Hall–Kier alpha value is 0.109. The molecule has 0 spiro atoms. The second-order valence-corrected chi connectivity index (χ2v) is 25.7. The molecule has 0 aliphatic rings. The van der Waals surface area contributed by atoms with Gasteiger partial charge in [-0.2, -0.15) is 0 Å². The third-order valence-electron chi connectivity index (χ3n) is 2.84. The molecule has 2 aromatic rings. The van der Waals surface area contributed by atoms with Crippen molar-refractivity contribution in [2.45, 2.75) is 10.4 Å². The van der Waals surface area contributed by atoms with Crippen LogP contribution in [0.15, 0.2) is 60.7 Å². The number of halogens is 3. The van der Waals surface area contributed by atoms with Crippen molar-refractivity contribution in [1.82, 2.24) is 0 Å². The molecular formula is C14H13Cl3Sn. The normalized spacial score (nSPS) is 11.8. The Kier molecular flexibility index (Phi) is 5.25. The summed E-state index contributed by atoms with van der Waals surface area (Å²) in [6, 6.07) is 20.5. The molecule has 0 heterocycles. The Morgan fingerprint density at radius 1 is 0.722 bits per heavy atom. The van der Waals surface area contributed by atoms with Gasteiger partial charge in [0.2, 0.25) is 0 Å². The van der Waals surface area contributed by atoms with Crippen molar-refractivity contribution in [3.8, 4) is 0 Å². The topological polar surface area (TPSA) is 0 Å². The summed E-state index contributed by atoms with van der Waals surface area (Å²) in [5.74, 6) is 0.190. The van der Waals surface area contributed by atoms with E-state index in [9.17, 15) is 0 Å². The van der Waals surface area contributed by atoms with E-state index < -0.39 is 15.0 Å². The van der Waals surface area contributed by atoms with Crippen molar-refractivity contribution < 1.29 is 0 Å². The zero-order chi connectivity index (χ0) is 13.0. The van der Waals surface area contributed by atoms with Gasteiger partial charge in [-0.15, -0.1) is 0 Å². The van der Waals surface area contributed by atoms with Crippen molar-refractivity contribution in [3.63, 3.8) is 0 Å². The SMILES string of the molecule is [Cl][Sn]([Cl])([Cl])[CH2]C(c1ccccc1)c1ccccc1. The quantitative estimate of drug-likeness (QED) is 0.591. The molecule has 0 aromatic heterocycles. The monoisotopic (exact) mass is 406 g/mol. The van der Waals surface area contributed by atoms with Gasteiger partial charge in [0.15, 0.2) is 0 Å². The molecule has 0 fully saturated rings. The van der Waals surface area contributed by atoms with E-state index in [-0.39, 0.29) is 5.92 Å². The molecule has 18 heavy (non-hydrogen) atoms. The van der Waals surface area contributed by atoms with Crippen LogP contribution in [0.25, 0.3) is 0 Å². The summed E-state index contributed by atoms with van der Waals surface area (Å²) in [5.41, 5.74) is 2.43. The maximum atomic E-state index is 6.17. The molecule has 0 unspecified atom stereocenters. The molecule has 2 aromatic carbocycles. The number of rotatable bonds is 4. The summed E-state index contributed by atoms with van der Waals surface area (Å²) < 4.78 is 0.674. The Morgan fingerprint density at radius 3 is 1.44 bits per heavy atom. The molecule has 0 atom stereocenters. The average Bonchev–Trinajstić information content (AvgIpc) is 2.37. The first-order valence-electron chi connectivity index (χ1n) is 5.73. The van der Waals surface area contributed by atoms with Crippen LogP contribution in [0.2, 0.25) is 4.44 Å². The molecule has 0 amide bonds. The molecule has 0 aliphatic heterocycles. The summed E-state index contributed by atoms with van der Waals surface area (Å²) in [5, 5.41) is 0. The van der Waals surface area contributed by atoms with E-state index in [0.29, 0.717) is 4.44 Å². The molecule has 0 bridgehead atoms. The fourth-order valence-electron chi connectivity index (χ4n) is 2.03. The van der Waals surface area contributed by atoms with Crippen LogP contribution in [-0.2, 0) is 0 Å². The van der Waals surface area contributed by atoms with Crippen LogP contribution in [0.4, 0.5) is 0 Å². The van der Waals surface area contributed by atoms with Gasteiger partial charge < -0.3 is 0 Å². The van der Waals surface area contributed by atoms with Gasteiger partial charge in [-0.05, 0) is 0 Å². The van der Waals surface area contributed by atoms with Gasteiger partial charge in [-0.25, -0.2) is 0 Å². The van der Waals surface area contributed by atoms with Gasteiger partial charge in [-0.1, -0.05) is 0 Å². The van der Waals surface area contributed by atoms with Crippen LogP contribution >= 0.6 is 26.8 Å². The molecule has 0 N–H and O–H groups in total. The fraction of sp³-hybridized carbons (Fsp3) is 0.143. The first-order valence-corrected chi connectivity index (χ1v) is 18.6. The van der Waals surface area contributed by atoms with Gasteiger partial charge in [0.25, 0.3) is 0 Å². The van der Waals surface area contributed by atoms with Crippen LogP contribution in [0.5, 0.6) is 0 Å². The molecule has 4 heteroatoms. The predicted molar refractivity (Wildman–Crippen MR) is 82.8 cm³/mol. The van der Waals surface area contributed by atoms with E-state index in [0.717, 1.165) is 0 Å². The van der Waals surface area contributed by atoms with Gasteiger partial charge in [0.05, 0.1) is 0 Å². The van der Waals surface area contributed by atoms with Crippen LogP contribution in [0.3, 0.4) is 0 Å². The standard InChI is InChI=1S/C14H13.3ClH.Sn/c1-12(13-8-4-2-5-9-13)14-10-6-3-7-11-14;;;;/h2-12H,1H2;3*1H;/q;;;;+3/p-3. The van der Waals surface area contributed by atoms with Crippen molar-refractivity contribution in [1.29, 1.82) is 0 Å². The second-order valence-electron chi connectivity index (χ2n) is 4.19. The number of hydrogen-bond donors (Lipinski definition) is 0. The maximum absolute atomic E-state index is 6.17. The van der Waals surface area contributed by atoms with Crippen molar-refractivity contribution in [2.24, 2.45) is 0 Å². The summed E-state index contributed by atoms with van der Waals surface area (Å²) in [7, 11) is 18.5. The first-order chi connectivity index (χ1) is 8.56. The number of benzene rings is 2. The van der Waals surface area contributed by atoms with Crippen LogP contribution in [0, 0.1) is 0 Å². The molecule has 0 saturated heterocycles. The van der Waals surface area contributed by atoms with Crippen molar-refractivity contribution >= 4 is 41.8 Å². The first kappa shape index (κ1) is 14.5. The molecule has 94 valence electrons. The van der Waals surface area contributed by atoms with Crippen molar-refractivity contribution in [2.75, 3.05) is 0 Å². The minimum absolute atomic E-state index is 0.190. The molecular weight excluding hydrogens is 393 g/mol. The Labute approximate surface area is 123 Å². The molecule has 0 aliphatic carbocycles. The van der Waals surface area contributed by atoms with Crippen LogP contribution in [-0.4, -0.2) is 15.0 Å². The summed E-state index contributed by atoms with van der Waals surface area (Å²) in [6.07, 6.45) is 0. The second kappa shape index (κ2) is 6.51. The summed E-state index contributed by atoms with van der Waals surface area (Å²) >= 11 is -3.39. The number of hydrogen-bond acceptors (Lipinski definition) is 0. The molecule has 2 rings (SSSR count). The van der Waals surface area contributed by atoms with Crippen LogP contribution < -0.4 is 0 Å². The Bertz CT molecular complexity index is 440. The molecule has 0 radical (unpaired) electrons. The molecule has 0 nitrogen and oxygen atoms in total. The van der Waals surface area contributed by atoms with Gasteiger partial charge >= 0.3 is 124 Å². The Balaban J connectivity index is 2.36. The fourth-order valence-corrected chi connectivity index (χ4v) is 7.80. The van der Waals surface area contributed by atoms with E-state index in [2.05, 4.69) is 24.3 Å². The van der Waals surface area contributed by atoms with E-state index in [1.165, 1.54) is 11.1 Å². The average molecular weight is 406 g/mol. The molecule has 0 saturated carbocycles. The zero-order valence-electron chi connectivity index (χ0n) is 9.69. The van der Waals surface area contributed by atoms with E-state index in [1.807, 2.05) is 36.4 Å². The Morgan fingerprint density at radius 2 is 1.11 bits per heavy atom. The minimum atomic E-state index is -3.39. The summed E-state index contributed by atoms with van der Waals surface area (Å²) in [6.45, 7) is 0. The third kappa shape index (κ3) is 4.34. The van der Waals surface area contributed by atoms with Gasteiger partial charge in [-0.3, -0.25) is 0 Å². The van der Waals surface area contributed by atoms with Gasteiger partial charge in [0, 0.05) is 0 Å². The van der Waals surface area contributed by atoms with E-state index in [1.54, 1.807) is 0 Å². The predicted octanol–water partition coefficient (Wildman–Crippen LogP) is 5.47. The zero-order valence-corrected chi connectivity index (χ0v) is 14.8. The summed E-state index contributed by atoms with van der Waals surface area (Å²) in [4.78, 5) is 0. The third-order valence-corrected chi connectivity index (χ3v) is 8.43.